The van der Waals surface area contributed by atoms with Crippen LogP contribution in [0.2, 0.25) is 0 Å². The average Bonchev–Trinajstić information content (AvgIpc) is 1.91. The van der Waals surface area contributed by atoms with Crippen molar-refractivity contribution in [1.82, 2.24) is 5.32 Å². The average molecular weight is 166 g/mol. The Labute approximate surface area is 68.7 Å². The van der Waals surface area contributed by atoms with Crippen molar-refractivity contribution in [3.8, 4) is 0 Å². The van der Waals surface area contributed by atoms with E-state index in [0.717, 1.165) is 19.8 Å². The molecule has 1 heterocycles. The minimum absolute atomic E-state index is 0. The van der Waals surface area contributed by atoms with Gasteiger partial charge in [0.15, 0.2) is 0 Å². The van der Waals surface area contributed by atoms with Gasteiger partial charge in [-0.05, 0) is 19.4 Å². The van der Waals surface area contributed by atoms with Gasteiger partial charge in [0, 0.05) is 12.6 Å². The Kier molecular flexibility index (Phi) is 6.08. The fourth-order valence-electron chi connectivity index (χ4n) is 1.19. The zero-order valence-corrected chi connectivity index (χ0v) is 7.25. The summed E-state index contributed by atoms with van der Waals surface area (Å²) >= 11 is 0. The van der Waals surface area contributed by atoms with Crippen LogP contribution in [0.25, 0.3) is 0 Å². The fourth-order valence-corrected chi connectivity index (χ4v) is 1.19. The van der Waals surface area contributed by atoms with Gasteiger partial charge in [-0.15, -0.1) is 12.4 Å². The SMILES string of the molecule is CCNC1CCCOC1.Cl. The van der Waals surface area contributed by atoms with Crippen molar-refractivity contribution in [2.24, 2.45) is 0 Å². The number of ether oxygens (including phenoxy) is 1. The maximum atomic E-state index is 5.27. The lowest BCUT2D eigenvalue weighted by Gasteiger charge is -2.22. The van der Waals surface area contributed by atoms with E-state index in [1.165, 1.54) is 12.8 Å². The Balaban J connectivity index is 0.000000810. The Morgan fingerprint density at radius 2 is 2.40 bits per heavy atom. The van der Waals surface area contributed by atoms with Crippen LogP contribution in [0.3, 0.4) is 0 Å². The molecule has 0 aromatic heterocycles. The third-order valence-electron chi connectivity index (χ3n) is 1.65. The van der Waals surface area contributed by atoms with E-state index in [4.69, 9.17) is 4.74 Å². The highest BCUT2D eigenvalue weighted by Gasteiger charge is 2.10. The van der Waals surface area contributed by atoms with Gasteiger partial charge in [-0.1, -0.05) is 6.92 Å². The van der Waals surface area contributed by atoms with Crippen LogP contribution in [0, 0.1) is 0 Å². The second-order valence-electron chi connectivity index (χ2n) is 2.47. The lowest BCUT2D eigenvalue weighted by Crippen LogP contribution is -2.36. The molecule has 1 saturated heterocycles. The number of halogens is 1. The Morgan fingerprint density at radius 1 is 1.60 bits per heavy atom. The highest BCUT2D eigenvalue weighted by Crippen LogP contribution is 2.04. The third kappa shape index (κ3) is 3.40. The van der Waals surface area contributed by atoms with Gasteiger partial charge in [-0.3, -0.25) is 0 Å². The van der Waals surface area contributed by atoms with Gasteiger partial charge < -0.3 is 10.1 Å². The summed E-state index contributed by atoms with van der Waals surface area (Å²) in [6.45, 7) is 5.07. The van der Waals surface area contributed by atoms with E-state index in [2.05, 4.69) is 12.2 Å². The number of hydrogen-bond acceptors (Lipinski definition) is 2. The van der Waals surface area contributed by atoms with E-state index < -0.39 is 0 Å². The normalized spacial score (nSPS) is 25.5. The molecule has 0 radical (unpaired) electrons. The molecule has 10 heavy (non-hydrogen) atoms. The molecule has 2 nitrogen and oxygen atoms in total. The quantitative estimate of drug-likeness (QED) is 0.664. The molecule has 0 spiro atoms. The fraction of sp³-hybridized carbons (Fsp3) is 1.00. The first-order valence-electron chi connectivity index (χ1n) is 3.74. The molecule has 3 heteroatoms. The Morgan fingerprint density at radius 3 is 2.90 bits per heavy atom. The monoisotopic (exact) mass is 165 g/mol. The van der Waals surface area contributed by atoms with Crippen LogP contribution in [-0.4, -0.2) is 25.8 Å². The van der Waals surface area contributed by atoms with Gasteiger partial charge in [-0.2, -0.15) is 0 Å². The van der Waals surface area contributed by atoms with Gasteiger partial charge in [0.1, 0.15) is 0 Å². The lowest BCUT2D eigenvalue weighted by atomic mass is 10.1. The highest BCUT2D eigenvalue weighted by molar-refractivity contribution is 5.85. The standard InChI is InChI=1S/C7H15NO.ClH/c1-2-8-7-4-3-5-9-6-7;/h7-8H,2-6H2,1H3;1H. The van der Waals surface area contributed by atoms with Crippen molar-refractivity contribution in [3.05, 3.63) is 0 Å². The molecule has 0 aromatic carbocycles. The van der Waals surface area contributed by atoms with Crippen molar-refractivity contribution in [2.45, 2.75) is 25.8 Å². The summed E-state index contributed by atoms with van der Waals surface area (Å²) in [5, 5.41) is 3.36. The van der Waals surface area contributed by atoms with Crippen LogP contribution in [0.1, 0.15) is 19.8 Å². The van der Waals surface area contributed by atoms with Crippen LogP contribution in [0.15, 0.2) is 0 Å². The first-order chi connectivity index (χ1) is 4.43. The van der Waals surface area contributed by atoms with E-state index in [9.17, 15) is 0 Å². The molecule has 0 amide bonds. The molecule has 0 aliphatic carbocycles. The maximum absolute atomic E-state index is 5.27. The summed E-state index contributed by atoms with van der Waals surface area (Å²) in [6.07, 6.45) is 2.51. The zero-order chi connectivity index (χ0) is 6.53. The van der Waals surface area contributed by atoms with Crippen molar-refractivity contribution in [3.63, 3.8) is 0 Å². The second-order valence-corrected chi connectivity index (χ2v) is 2.47. The van der Waals surface area contributed by atoms with Gasteiger partial charge in [0.25, 0.3) is 0 Å². The van der Waals surface area contributed by atoms with Crippen molar-refractivity contribution in [2.75, 3.05) is 19.8 Å². The summed E-state index contributed by atoms with van der Waals surface area (Å²) in [5.74, 6) is 0. The molecular formula is C7H16ClNO. The molecule has 0 bridgehead atoms. The molecule has 1 aliphatic rings. The van der Waals surface area contributed by atoms with Gasteiger partial charge in [-0.25, -0.2) is 0 Å². The van der Waals surface area contributed by atoms with E-state index in [1.807, 2.05) is 0 Å². The van der Waals surface area contributed by atoms with Crippen LogP contribution >= 0.6 is 12.4 Å². The van der Waals surface area contributed by atoms with Crippen LogP contribution in [-0.2, 0) is 4.74 Å². The van der Waals surface area contributed by atoms with Crippen molar-refractivity contribution < 1.29 is 4.74 Å². The van der Waals surface area contributed by atoms with Gasteiger partial charge in [0.05, 0.1) is 6.61 Å². The third-order valence-corrected chi connectivity index (χ3v) is 1.65. The summed E-state index contributed by atoms with van der Waals surface area (Å²) < 4.78 is 5.27. The molecule has 62 valence electrons. The van der Waals surface area contributed by atoms with E-state index in [1.54, 1.807) is 0 Å². The van der Waals surface area contributed by atoms with Crippen LogP contribution < -0.4 is 5.32 Å². The first-order valence-corrected chi connectivity index (χ1v) is 3.74. The predicted octanol–water partition coefficient (Wildman–Crippen LogP) is 1.20. The molecule has 1 fully saturated rings. The van der Waals surface area contributed by atoms with E-state index >= 15 is 0 Å². The smallest absolute Gasteiger partial charge is 0.0619 e. The molecule has 1 atom stereocenters. The molecule has 1 N–H and O–H groups in total. The van der Waals surface area contributed by atoms with Crippen LogP contribution in [0.4, 0.5) is 0 Å². The topological polar surface area (TPSA) is 21.3 Å². The predicted molar refractivity (Wildman–Crippen MR) is 44.8 cm³/mol. The maximum Gasteiger partial charge on any atom is 0.0619 e. The molecular weight excluding hydrogens is 150 g/mol. The lowest BCUT2D eigenvalue weighted by molar-refractivity contribution is 0.0711. The van der Waals surface area contributed by atoms with E-state index in [-0.39, 0.29) is 12.4 Å². The van der Waals surface area contributed by atoms with Crippen molar-refractivity contribution in [1.29, 1.82) is 0 Å². The largest absolute Gasteiger partial charge is 0.380 e. The minimum atomic E-state index is 0. The molecule has 0 saturated carbocycles. The van der Waals surface area contributed by atoms with Gasteiger partial charge >= 0.3 is 0 Å². The second kappa shape index (κ2) is 5.96. The summed E-state index contributed by atoms with van der Waals surface area (Å²) in [6, 6.07) is 0.628. The number of nitrogens with one attached hydrogen (secondary N) is 1. The Hall–Kier alpha value is 0.210. The number of hydrogen-bond donors (Lipinski definition) is 1. The summed E-state index contributed by atoms with van der Waals surface area (Å²) in [7, 11) is 0. The summed E-state index contributed by atoms with van der Waals surface area (Å²) in [5.41, 5.74) is 0. The molecule has 1 rings (SSSR count). The van der Waals surface area contributed by atoms with Gasteiger partial charge in [0.2, 0.25) is 0 Å². The summed E-state index contributed by atoms with van der Waals surface area (Å²) in [4.78, 5) is 0. The zero-order valence-electron chi connectivity index (χ0n) is 6.43. The number of rotatable bonds is 2. The molecule has 1 unspecified atom stereocenters. The Bertz CT molecular complexity index is 71.3. The number of likely N-dealkylation sites (N-methyl/N-ethyl adjacent to an activating group) is 1. The highest BCUT2D eigenvalue weighted by atomic mass is 35.5. The first kappa shape index (κ1) is 10.2. The van der Waals surface area contributed by atoms with Crippen molar-refractivity contribution >= 4 is 12.4 Å². The molecule has 0 aromatic rings. The van der Waals surface area contributed by atoms with E-state index in [0.29, 0.717) is 6.04 Å². The minimum Gasteiger partial charge on any atom is -0.380 e. The molecule has 1 aliphatic heterocycles. The van der Waals surface area contributed by atoms with Crippen LogP contribution in [0.5, 0.6) is 0 Å².